The summed E-state index contributed by atoms with van der Waals surface area (Å²) < 4.78 is 16.0. The first-order valence-corrected chi connectivity index (χ1v) is 5.16. The number of imidazole rings is 1. The average Bonchev–Trinajstić information content (AvgIpc) is 2.86. The third-order valence-corrected chi connectivity index (χ3v) is 2.57. The highest BCUT2D eigenvalue weighted by Gasteiger charge is 2.40. The number of hydrogen-bond acceptors (Lipinski definition) is 6. The van der Waals surface area contributed by atoms with Crippen LogP contribution in [0.1, 0.15) is 13.3 Å². The molecule has 0 aliphatic carbocycles. The van der Waals surface area contributed by atoms with Gasteiger partial charge >= 0.3 is 12.2 Å². The Hall–Kier alpha value is -2.05. The minimum absolute atomic E-state index is 0.00275. The second-order valence-electron chi connectivity index (χ2n) is 3.70. The summed E-state index contributed by atoms with van der Waals surface area (Å²) in [6, 6.07) is 0. The highest BCUT2D eigenvalue weighted by Crippen LogP contribution is 2.22. The minimum atomic E-state index is -0.921. The van der Waals surface area contributed by atoms with E-state index < -0.39 is 17.8 Å². The lowest BCUT2D eigenvalue weighted by molar-refractivity contribution is -0.122. The molecule has 0 unspecified atom stereocenters. The lowest BCUT2D eigenvalue weighted by Gasteiger charge is -2.33. The zero-order valence-electron chi connectivity index (χ0n) is 9.29. The SMILES string of the molecule is CCC1(OC(=O)n2ccnc2)COC(=O)OC1. The van der Waals surface area contributed by atoms with Gasteiger partial charge in [0, 0.05) is 12.4 Å². The first-order chi connectivity index (χ1) is 8.15. The van der Waals surface area contributed by atoms with Crippen LogP contribution in [0.5, 0.6) is 0 Å². The van der Waals surface area contributed by atoms with Gasteiger partial charge in [0.1, 0.15) is 19.5 Å². The summed E-state index contributed by atoms with van der Waals surface area (Å²) in [6.07, 6.45) is 3.44. The van der Waals surface area contributed by atoms with Crippen LogP contribution in [0, 0.1) is 0 Å². The van der Waals surface area contributed by atoms with Crippen molar-refractivity contribution in [2.75, 3.05) is 13.2 Å². The fourth-order valence-electron chi connectivity index (χ4n) is 1.40. The molecule has 1 aromatic heterocycles. The smallest absolute Gasteiger partial charge is 0.435 e. The first kappa shape index (κ1) is 11.4. The molecule has 0 aromatic carbocycles. The van der Waals surface area contributed by atoms with Crippen LogP contribution in [0.15, 0.2) is 18.7 Å². The van der Waals surface area contributed by atoms with Crippen molar-refractivity contribution in [3.63, 3.8) is 0 Å². The fraction of sp³-hybridized carbons (Fsp3) is 0.500. The van der Waals surface area contributed by atoms with Crippen LogP contribution in [0.3, 0.4) is 0 Å². The third kappa shape index (κ3) is 2.38. The second-order valence-corrected chi connectivity index (χ2v) is 3.70. The number of carbonyl (C=O) groups excluding carboxylic acids is 2. The van der Waals surface area contributed by atoms with Crippen molar-refractivity contribution < 1.29 is 23.8 Å². The molecule has 1 aliphatic rings. The van der Waals surface area contributed by atoms with E-state index in [1.807, 2.05) is 6.92 Å². The molecule has 0 spiro atoms. The molecule has 1 saturated heterocycles. The average molecular weight is 240 g/mol. The zero-order valence-corrected chi connectivity index (χ0v) is 9.29. The molecule has 0 radical (unpaired) electrons. The predicted octanol–water partition coefficient (Wildman–Crippen LogP) is 1.18. The molecule has 0 atom stereocenters. The molecule has 0 bridgehead atoms. The van der Waals surface area contributed by atoms with Crippen molar-refractivity contribution in [1.82, 2.24) is 9.55 Å². The van der Waals surface area contributed by atoms with Crippen LogP contribution in [0.2, 0.25) is 0 Å². The van der Waals surface area contributed by atoms with Gasteiger partial charge in [-0.05, 0) is 6.42 Å². The molecule has 0 saturated carbocycles. The lowest BCUT2D eigenvalue weighted by Crippen LogP contribution is -2.49. The standard InChI is InChI=1S/C10H12N2O5/c1-2-10(5-15-9(14)16-6-10)17-8(13)12-4-3-11-7-12/h3-4,7H,2,5-6H2,1H3. The van der Waals surface area contributed by atoms with Crippen molar-refractivity contribution in [2.45, 2.75) is 18.9 Å². The van der Waals surface area contributed by atoms with Gasteiger partial charge in [-0.1, -0.05) is 6.92 Å². The number of ether oxygens (including phenoxy) is 3. The number of cyclic esters (lactones) is 2. The van der Waals surface area contributed by atoms with Gasteiger partial charge in [0.15, 0.2) is 5.60 Å². The van der Waals surface area contributed by atoms with Gasteiger partial charge in [-0.25, -0.2) is 19.1 Å². The van der Waals surface area contributed by atoms with Crippen molar-refractivity contribution in [3.05, 3.63) is 18.7 Å². The highest BCUT2D eigenvalue weighted by molar-refractivity contribution is 5.71. The number of hydrogen-bond donors (Lipinski definition) is 0. The largest absolute Gasteiger partial charge is 0.508 e. The summed E-state index contributed by atoms with van der Waals surface area (Å²) in [4.78, 5) is 26.2. The van der Waals surface area contributed by atoms with E-state index in [1.165, 1.54) is 23.3 Å². The quantitative estimate of drug-likeness (QED) is 0.722. The van der Waals surface area contributed by atoms with E-state index in [-0.39, 0.29) is 13.2 Å². The summed E-state index contributed by atoms with van der Waals surface area (Å²) >= 11 is 0. The maximum Gasteiger partial charge on any atom is 0.508 e. The molecule has 1 aliphatic heterocycles. The van der Waals surface area contributed by atoms with Gasteiger partial charge in [-0.15, -0.1) is 0 Å². The Bertz CT molecular complexity index is 404. The van der Waals surface area contributed by atoms with E-state index in [2.05, 4.69) is 4.98 Å². The Labute approximate surface area is 97.3 Å². The Kier molecular flexibility index (Phi) is 2.99. The number of nitrogens with zero attached hydrogens (tertiary/aromatic N) is 2. The Morgan fingerprint density at radius 2 is 2.29 bits per heavy atom. The van der Waals surface area contributed by atoms with E-state index in [0.717, 1.165) is 0 Å². The normalized spacial score (nSPS) is 18.1. The monoisotopic (exact) mass is 240 g/mol. The Morgan fingerprint density at radius 1 is 1.59 bits per heavy atom. The molecule has 0 N–H and O–H groups in total. The lowest BCUT2D eigenvalue weighted by atomic mass is 10.0. The van der Waals surface area contributed by atoms with E-state index in [4.69, 9.17) is 14.2 Å². The molecular formula is C10H12N2O5. The topological polar surface area (TPSA) is 79.7 Å². The van der Waals surface area contributed by atoms with Crippen molar-refractivity contribution in [3.8, 4) is 0 Å². The maximum absolute atomic E-state index is 11.7. The molecular weight excluding hydrogens is 228 g/mol. The molecule has 2 rings (SSSR count). The predicted molar refractivity (Wildman–Crippen MR) is 54.4 cm³/mol. The molecule has 1 aromatic rings. The van der Waals surface area contributed by atoms with Gasteiger partial charge in [0.05, 0.1) is 0 Å². The number of carbonyl (C=O) groups is 2. The minimum Gasteiger partial charge on any atom is -0.435 e. The molecule has 17 heavy (non-hydrogen) atoms. The van der Waals surface area contributed by atoms with Crippen LogP contribution < -0.4 is 0 Å². The van der Waals surface area contributed by atoms with Gasteiger partial charge in [-0.2, -0.15) is 0 Å². The molecule has 7 nitrogen and oxygen atoms in total. The fourth-order valence-corrected chi connectivity index (χ4v) is 1.40. The van der Waals surface area contributed by atoms with Crippen LogP contribution in [0.25, 0.3) is 0 Å². The van der Waals surface area contributed by atoms with E-state index in [1.54, 1.807) is 0 Å². The highest BCUT2D eigenvalue weighted by atomic mass is 16.8. The summed E-state index contributed by atoms with van der Waals surface area (Å²) in [5.74, 6) is 0. The van der Waals surface area contributed by atoms with Gasteiger partial charge in [0.2, 0.25) is 0 Å². The first-order valence-electron chi connectivity index (χ1n) is 5.16. The molecule has 7 heteroatoms. The van der Waals surface area contributed by atoms with Crippen LogP contribution >= 0.6 is 0 Å². The van der Waals surface area contributed by atoms with Gasteiger partial charge in [0.25, 0.3) is 0 Å². The van der Waals surface area contributed by atoms with Crippen molar-refractivity contribution >= 4 is 12.2 Å². The van der Waals surface area contributed by atoms with Crippen LogP contribution in [-0.2, 0) is 14.2 Å². The van der Waals surface area contributed by atoms with Crippen molar-refractivity contribution in [1.29, 1.82) is 0 Å². The third-order valence-electron chi connectivity index (χ3n) is 2.57. The maximum atomic E-state index is 11.7. The Morgan fingerprint density at radius 3 is 2.82 bits per heavy atom. The summed E-state index contributed by atoms with van der Waals surface area (Å²) in [5.41, 5.74) is -0.921. The summed E-state index contributed by atoms with van der Waals surface area (Å²) in [6.45, 7) is 1.83. The molecule has 92 valence electrons. The van der Waals surface area contributed by atoms with Crippen LogP contribution in [0.4, 0.5) is 9.59 Å². The molecule has 0 amide bonds. The van der Waals surface area contributed by atoms with Crippen molar-refractivity contribution in [2.24, 2.45) is 0 Å². The van der Waals surface area contributed by atoms with E-state index in [0.29, 0.717) is 6.42 Å². The molecule has 2 heterocycles. The Balaban J connectivity index is 2.05. The molecule has 1 fully saturated rings. The van der Waals surface area contributed by atoms with E-state index >= 15 is 0 Å². The zero-order chi connectivity index (χ0) is 12.3. The van der Waals surface area contributed by atoms with Crippen LogP contribution in [-0.4, -0.2) is 40.6 Å². The van der Waals surface area contributed by atoms with Gasteiger partial charge < -0.3 is 14.2 Å². The summed E-state index contributed by atoms with van der Waals surface area (Å²) in [7, 11) is 0. The number of rotatable bonds is 2. The van der Waals surface area contributed by atoms with Gasteiger partial charge in [-0.3, -0.25) is 0 Å². The van der Waals surface area contributed by atoms with E-state index in [9.17, 15) is 9.59 Å². The summed E-state index contributed by atoms with van der Waals surface area (Å²) in [5, 5.41) is 0. The second kappa shape index (κ2) is 4.44. The number of aromatic nitrogens is 2.